The van der Waals surface area contributed by atoms with Crippen molar-refractivity contribution in [3.05, 3.63) is 63.7 Å². The molecule has 2 unspecified atom stereocenters. The summed E-state index contributed by atoms with van der Waals surface area (Å²) in [6, 6.07) is 13.7. The maximum absolute atomic E-state index is 11.1. The third-order valence-electron chi connectivity index (χ3n) is 5.82. The number of nitrogens with two attached hydrogens (primary N) is 1. The summed E-state index contributed by atoms with van der Waals surface area (Å²) in [7, 11) is 0. The summed E-state index contributed by atoms with van der Waals surface area (Å²) in [5.74, 6) is 0. The van der Waals surface area contributed by atoms with E-state index in [0.29, 0.717) is 12.8 Å². The highest BCUT2D eigenvalue weighted by Crippen LogP contribution is 2.34. The first-order valence-electron chi connectivity index (χ1n) is 9.31. The Labute approximate surface area is 158 Å². The van der Waals surface area contributed by atoms with Gasteiger partial charge in [-0.25, -0.2) is 0 Å². The highest BCUT2D eigenvalue weighted by atomic mass is 16.6. The minimum Gasteiger partial charge on any atom is -0.393 e. The van der Waals surface area contributed by atoms with Crippen molar-refractivity contribution in [2.24, 2.45) is 0 Å². The second-order valence-electron chi connectivity index (χ2n) is 7.29. The van der Waals surface area contributed by atoms with Crippen molar-refractivity contribution in [2.75, 3.05) is 36.8 Å². The number of nitrogen functional groups attached to an aromatic ring is 1. The fourth-order valence-corrected chi connectivity index (χ4v) is 4.32. The van der Waals surface area contributed by atoms with E-state index < -0.39 is 11.0 Å². The molecule has 0 saturated carbocycles. The van der Waals surface area contributed by atoms with Crippen LogP contribution >= 0.6 is 0 Å². The van der Waals surface area contributed by atoms with Crippen LogP contribution in [0, 0.1) is 10.1 Å². The molecule has 0 bridgehead atoms. The zero-order valence-corrected chi connectivity index (χ0v) is 15.1. The number of fused-ring (bicyclic) bond motifs is 1. The highest BCUT2D eigenvalue weighted by molar-refractivity contribution is 5.66. The lowest BCUT2D eigenvalue weighted by Gasteiger charge is -2.43. The number of para-hydroxylation sites is 1. The first kappa shape index (κ1) is 17.8. The van der Waals surface area contributed by atoms with Crippen LogP contribution in [0.15, 0.2) is 42.5 Å². The first-order chi connectivity index (χ1) is 13.0. The maximum atomic E-state index is 11.1. The predicted molar refractivity (Wildman–Crippen MR) is 105 cm³/mol. The van der Waals surface area contributed by atoms with Crippen LogP contribution in [-0.2, 0) is 12.8 Å². The molecule has 2 aliphatic rings. The number of piperazine rings is 1. The van der Waals surface area contributed by atoms with Gasteiger partial charge in [-0.05, 0) is 29.7 Å². The van der Waals surface area contributed by atoms with Gasteiger partial charge in [0.1, 0.15) is 5.69 Å². The average Bonchev–Trinajstić information content (AvgIpc) is 2.69. The quantitative estimate of drug-likeness (QED) is 0.487. The number of nitrogens with zero attached hydrogens (tertiary/aromatic N) is 3. The van der Waals surface area contributed by atoms with Crippen molar-refractivity contribution in [3.8, 4) is 0 Å². The monoisotopic (exact) mass is 368 g/mol. The second kappa shape index (κ2) is 7.17. The van der Waals surface area contributed by atoms with E-state index in [0.717, 1.165) is 37.3 Å². The van der Waals surface area contributed by atoms with E-state index in [4.69, 9.17) is 5.73 Å². The molecule has 0 amide bonds. The zero-order chi connectivity index (χ0) is 19.0. The molecule has 2 atom stereocenters. The van der Waals surface area contributed by atoms with Crippen LogP contribution in [0.3, 0.4) is 0 Å². The van der Waals surface area contributed by atoms with E-state index in [1.807, 2.05) is 18.2 Å². The number of aliphatic hydroxyl groups excluding tert-OH is 1. The number of anilines is 2. The molecule has 0 radical (unpaired) electrons. The van der Waals surface area contributed by atoms with Gasteiger partial charge in [-0.15, -0.1) is 0 Å². The molecule has 0 aromatic heterocycles. The number of rotatable bonds is 3. The molecule has 3 N–H and O–H groups in total. The van der Waals surface area contributed by atoms with E-state index in [1.54, 1.807) is 6.07 Å². The number of aliphatic hydroxyl groups is 1. The molecule has 27 heavy (non-hydrogen) atoms. The van der Waals surface area contributed by atoms with Crippen LogP contribution in [0.25, 0.3) is 0 Å². The lowest BCUT2D eigenvalue weighted by molar-refractivity contribution is -0.384. The van der Waals surface area contributed by atoms with Gasteiger partial charge in [0.05, 0.1) is 11.0 Å². The fraction of sp³-hybridized carbons (Fsp3) is 0.400. The summed E-state index contributed by atoms with van der Waals surface area (Å²) < 4.78 is 0. The molecule has 2 aromatic carbocycles. The van der Waals surface area contributed by atoms with Gasteiger partial charge in [0.15, 0.2) is 0 Å². The molecule has 1 heterocycles. The lowest BCUT2D eigenvalue weighted by atomic mass is 9.83. The summed E-state index contributed by atoms with van der Waals surface area (Å²) in [4.78, 5) is 15.3. The Morgan fingerprint density at radius 2 is 1.74 bits per heavy atom. The number of nitro benzene ring substituents is 1. The fourth-order valence-electron chi connectivity index (χ4n) is 4.32. The van der Waals surface area contributed by atoms with Crippen LogP contribution in [0.1, 0.15) is 11.1 Å². The van der Waals surface area contributed by atoms with E-state index in [1.165, 1.54) is 11.8 Å². The molecule has 142 valence electrons. The maximum Gasteiger partial charge on any atom is 0.292 e. The Morgan fingerprint density at radius 3 is 2.41 bits per heavy atom. The highest BCUT2D eigenvalue weighted by Gasteiger charge is 2.35. The third kappa shape index (κ3) is 3.36. The van der Waals surface area contributed by atoms with Gasteiger partial charge in [0.2, 0.25) is 0 Å². The Hall–Kier alpha value is -2.64. The molecule has 0 spiro atoms. The molecule has 4 rings (SSSR count). The molecular formula is C20H24N4O3. The van der Waals surface area contributed by atoms with Gasteiger partial charge in [-0.2, -0.15) is 0 Å². The molecular weight excluding hydrogens is 344 g/mol. The van der Waals surface area contributed by atoms with Crippen LogP contribution in [0.2, 0.25) is 0 Å². The standard InChI is InChI=1S/C20H24N4O3/c21-20-16-13-19(25)18(12-14(16)6-7-17(20)24(26)27)23-10-8-22(9-11-23)15-4-2-1-3-5-15/h1-7,18-19,25H,8-13,21H2. The van der Waals surface area contributed by atoms with Crippen LogP contribution in [0.5, 0.6) is 0 Å². The number of hydrogen-bond acceptors (Lipinski definition) is 6. The minimum absolute atomic E-state index is 0.0243. The number of nitro groups is 1. The van der Waals surface area contributed by atoms with E-state index in [-0.39, 0.29) is 17.4 Å². The Kier molecular flexibility index (Phi) is 4.72. The molecule has 1 aliphatic carbocycles. The SMILES string of the molecule is Nc1c([N+](=O)[O-])ccc2c1CC(O)C(N1CCN(c3ccccc3)CC1)C2. The topological polar surface area (TPSA) is 95.9 Å². The predicted octanol–water partition coefficient (Wildman–Crippen LogP) is 1.83. The molecule has 1 aliphatic heterocycles. The first-order valence-corrected chi connectivity index (χ1v) is 9.31. The summed E-state index contributed by atoms with van der Waals surface area (Å²) >= 11 is 0. The lowest BCUT2D eigenvalue weighted by Crippen LogP contribution is -2.56. The Balaban J connectivity index is 1.47. The van der Waals surface area contributed by atoms with Gasteiger partial charge >= 0.3 is 0 Å². The van der Waals surface area contributed by atoms with E-state index in [9.17, 15) is 15.2 Å². The molecule has 1 saturated heterocycles. The number of benzene rings is 2. The van der Waals surface area contributed by atoms with Gasteiger partial charge in [0, 0.05) is 50.4 Å². The summed E-state index contributed by atoms with van der Waals surface area (Å²) in [5, 5.41) is 21.8. The van der Waals surface area contributed by atoms with Gasteiger partial charge < -0.3 is 15.7 Å². The largest absolute Gasteiger partial charge is 0.393 e. The van der Waals surface area contributed by atoms with Crippen LogP contribution < -0.4 is 10.6 Å². The normalized spacial score (nSPS) is 23.1. The smallest absolute Gasteiger partial charge is 0.292 e. The van der Waals surface area contributed by atoms with Crippen molar-refractivity contribution in [1.82, 2.24) is 4.90 Å². The van der Waals surface area contributed by atoms with Crippen LogP contribution in [-0.4, -0.2) is 53.3 Å². The summed E-state index contributed by atoms with van der Waals surface area (Å²) in [5.41, 5.74) is 9.10. The Bertz CT molecular complexity index is 835. The van der Waals surface area contributed by atoms with Crippen molar-refractivity contribution in [2.45, 2.75) is 25.0 Å². The van der Waals surface area contributed by atoms with Crippen molar-refractivity contribution >= 4 is 17.1 Å². The summed E-state index contributed by atoms with van der Waals surface area (Å²) in [6.45, 7) is 3.60. The third-order valence-corrected chi connectivity index (χ3v) is 5.82. The molecule has 7 nitrogen and oxygen atoms in total. The van der Waals surface area contributed by atoms with E-state index >= 15 is 0 Å². The summed E-state index contributed by atoms with van der Waals surface area (Å²) in [6.07, 6.45) is 0.473. The molecule has 2 aromatic rings. The average molecular weight is 368 g/mol. The van der Waals surface area contributed by atoms with Crippen molar-refractivity contribution < 1.29 is 10.0 Å². The van der Waals surface area contributed by atoms with Crippen molar-refractivity contribution in [3.63, 3.8) is 0 Å². The second-order valence-corrected chi connectivity index (χ2v) is 7.29. The van der Waals surface area contributed by atoms with Gasteiger partial charge in [0.25, 0.3) is 5.69 Å². The zero-order valence-electron chi connectivity index (χ0n) is 15.1. The minimum atomic E-state index is -0.565. The molecule has 1 fully saturated rings. The van der Waals surface area contributed by atoms with Crippen molar-refractivity contribution in [1.29, 1.82) is 0 Å². The molecule has 7 heteroatoms. The Morgan fingerprint density at radius 1 is 1.04 bits per heavy atom. The van der Waals surface area contributed by atoms with Gasteiger partial charge in [-0.3, -0.25) is 15.0 Å². The van der Waals surface area contributed by atoms with E-state index in [2.05, 4.69) is 21.9 Å². The van der Waals surface area contributed by atoms with Gasteiger partial charge in [-0.1, -0.05) is 24.3 Å². The number of hydrogen-bond donors (Lipinski definition) is 2. The van der Waals surface area contributed by atoms with Crippen LogP contribution in [0.4, 0.5) is 17.1 Å².